The van der Waals surface area contributed by atoms with Crippen molar-refractivity contribution in [1.82, 2.24) is 5.32 Å². The van der Waals surface area contributed by atoms with E-state index in [1.54, 1.807) is 19.1 Å². The van der Waals surface area contributed by atoms with Gasteiger partial charge in [0.1, 0.15) is 0 Å². The number of hydrogen-bond acceptors (Lipinski definition) is 6. The molecule has 0 unspecified atom stereocenters. The van der Waals surface area contributed by atoms with Crippen LogP contribution in [0.15, 0.2) is 24.3 Å². The molecule has 1 aliphatic heterocycles. The van der Waals surface area contributed by atoms with E-state index in [2.05, 4.69) is 10.6 Å². The highest BCUT2D eigenvalue weighted by Gasteiger charge is 2.48. The van der Waals surface area contributed by atoms with Gasteiger partial charge in [-0.15, -0.1) is 12.4 Å². The van der Waals surface area contributed by atoms with Gasteiger partial charge in [0.25, 0.3) is 0 Å². The third-order valence-electron chi connectivity index (χ3n) is 4.19. The topological polar surface area (TPSA) is 102 Å². The largest absolute Gasteiger partial charge is 0.462 e. The summed E-state index contributed by atoms with van der Waals surface area (Å²) < 4.78 is 27.9. The van der Waals surface area contributed by atoms with Gasteiger partial charge in [-0.05, 0) is 57.1 Å². The van der Waals surface area contributed by atoms with Crippen LogP contribution in [0.25, 0.3) is 0 Å². The summed E-state index contributed by atoms with van der Waals surface area (Å²) in [5.74, 6) is -0.975. The average molecular weight is 391 g/mol. The minimum Gasteiger partial charge on any atom is -0.462 e. The van der Waals surface area contributed by atoms with Crippen LogP contribution in [-0.4, -0.2) is 51.0 Å². The molecule has 140 valence electrons. The van der Waals surface area contributed by atoms with Gasteiger partial charge in [0.05, 0.1) is 12.2 Å². The number of amides is 1. The Morgan fingerprint density at radius 2 is 1.76 bits per heavy atom. The van der Waals surface area contributed by atoms with Crippen molar-refractivity contribution in [3.8, 4) is 0 Å². The van der Waals surface area contributed by atoms with Crippen LogP contribution in [0.2, 0.25) is 0 Å². The van der Waals surface area contributed by atoms with Gasteiger partial charge in [0.2, 0.25) is 5.91 Å². The highest BCUT2D eigenvalue weighted by Crippen LogP contribution is 2.29. The molecule has 2 N–H and O–H groups in total. The first-order chi connectivity index (χ1) is 11.3. The number of nitrogens with one attached hydrogen (secondary N) is 2. The SMILES string of the molecule is CCOC(=O)c1ccc(NC(=O)C2(S(C)(=O)=O)CCNCC2)cc1.Cl. The monoisotopic (exact) mass is 390 g/mol. The molecule has 1 aromatic rings. The average Bonchev–Trinajstić information content (AvgIpc) is 2.55. The quantitative estimate of drug-likeness (QED) is 0.737. The normalized spacial score (nSPS) is 16.4. The first-order valence-corrected chi connectivity index (χ1v) is 9.68. The fraction of sp³-hybridized carbons (Fsp3) is 0.500. The molecule has 1 aromatic carbocycles. The molecule has 1 aliphatic rings. The van der Waals surface area contributed by atoms with Crippen molar-refractivity contribution in [3.63, 3.8) is 0 Å². The zero-order chi connectivity index (χ0) is 17.8. The smallest absolute Gasteiger partial charge is 0.338 e. The lowest BCUT2D eigenvalue weighted by Crippen LogP contribution is -2.55. The Morgan fingerprint density at radius 3 is 2.24 bits per heavy atom. The highest BCUT2D eigenvalue weighted by molar-refractivity contribution is 7.92. The second-order valence-electron chi connectivity index (χ2n) is 5.77. The number of sulfone groups is 1. The molecule has 0 aromatic heterocycles. The number of hydrogen-bond donors (Lipinski definition) is 2. The zero-order valence-electron chi connectivity index (χ0n) is 14.2. The zero-order valence-corrected chi connectivity index (χ0v) is 15.8. The van der Waals surface area contributed by atoms with Crippen LogP contribution in [0.5, 0.6) is 0 Å². The summed E-state index contributed by atoms with van der Waals surface area (Å²) in [5.41, 5.74) is 0.809. The van der Waals surface area contributed by atoms with Crippen LogP contribution < -0.4 is 10.6 Å². The number of carbonyl (C=O) groups excluding carboxylic acids is 2. The number of halogens is 1. The van der Waals surface area contributed by atoms with Gasteiger partial charge in [0, 0.05) is 11.9 Å². The van der Waals surface area contributed by atoms with Crippen molar-refractivity contribution in [2.75, 3.05) is 31.3 Å². The summed E-state index contributed by atoms with van der Waals surface area (Å²) in [7, 11) is -3.56. The fourth-order valence-electron chi connectivity index (χ4n) is 2.75. The van der Waals surface area contributed by atoms with Crippen molar-refractivity contribution in [1.29, 1.82) is 0 Å². The highest BCUT2D eigenvalue weighted by atomic mass is 35.5. The molecule has 2 rings (SSSR count). The van der Waals surface area contributed by atoms with Gasteiger partial charge < -0.3 is 15.4 Å². The lowest BCUT2D eigenvalue weighted by molar-refractivity contribution is -0.119. The van der Waals surface area contributed by atoms with Crippen molar-refractivity contribution in [3.05, 3.63) is 29.8 Å². The molecular formula is C16H23ClN2O5S. The molecule has 0 radical (unpaired) electrons. The number of rotatable bonds is 5. The Kier molecular flexibility index (Phi) is 7.40. The van der Waals surface area contributed by atoms with Crippen molar-refractivity contribution in [2.24, 2.45) is 0 Å². The Balaban J connectivity index is 0.00000312. The predicted octanol–water partition coefficient (Wildman–Crippen LogP) is 1.39. The number of esters is 1. The summed E-state index contributed by atoms with van der Waals surface area (Å²) in [5, 5.41) is 5.73. The lowest BCUT2D eigenvalue weighted by atomic mass is 9.95. The molecule has 0 bridgehead atoms. The van der Waals surface area contributed by atoms with Gasteiger partial charge in [-0.1, -0.05) is 0 Å². The first kappa shape index (κ1) is 21.4. The summed E-state index contributed by atoms with van der Waals surface area (Å²) in [4.78, 5) is 24.3. The molecule has 0 aliphatic carbocycles. The molecule has 1 fully saturated rings. The maximum Gasteiger partial charge on any atom is 0.338 e. The molecule has 1 amide bonds. The number of benzene rings is 1. The number of piperidine rings is 1. The predicted molar refractivity (Wildman–Crippen MR) is 98.0 cm³/mol. The summed E-state index contributed by atoms with van der Waals surface area (Å²) in [6, 6.07) is 6.18. The minimum atomic E-state index is -3.56. The van der Waals surface area contributed by atoms with Crippen LogP contribution >= 0.6 is 12.4 Å². The maximum absolute atomic E-state index is 12.6. The van der Waals surface area contributed by atoms with E-state index in [0.29, 0.717) is 24.3 Å². The van der Waals surface area contributed by atoms with E-state index in [0.717, 1.165) is 6.26 Å². The molecule has 1 heterocycles. The van der Waals surface area contributed by atoms with Crippen molar-refractivity contribution in [2.45, 2.75) is 24.5 Å². The molecule has 1 saturated heterocycles. The maximum atomic E-state index is 12.6. The molecule has 0 saturated carbocycles. The van der Waals surface area contributed by atoms with Gasteiger partial charge in [-0.25, -0.2) is 13.2 Å². The Morgan fingerprint density at radius 1 is 1.20 bits per heavy atom. The van der Waals surface area contributed by atoms with Crippen LogP contribution in [0, 0.1) is 0 Å². The molecule has 7 nitrogen and oxygen atoms in total. The Hall–Kier alpha value is -1.64. The van der Waals surface area contributed by atoms with E-state index in [1.807, 2.05) is 0 Å². The Bertz CT molecular complexity index is 713. The van der Waals surface area contributed by atoms with E-state index in [1.165, 1.54) is 12.1 Å². The first-order valence-electron chi connectivity index (χ1n) is 7.79. The molecule has 25 heavy (non-hydrogen) atoms. The fourth-order valence-corrected chi connectivity index (χ4v) is 4.08. The van der Waals surface area contributed by atoms with Crippen molar-refractivity contribution < 1.29 is 22.7 Å². The van der Waals surface area contributed by atoms with Crippen LogP contribution in [-0.2, 0) is 19.4 Å². The van der Waals surface area contributed by atoms with Gasteiger partial charge in [-0.3, -0.25) is 4.79 Å². The molecule has 9 heteroatoms. The van der Waals surface area contributed by atoms with E-state index in [4.69, 9.17) is 4.74 Å². The minimum absolute atomic E-state index is 0. The van der Waals surface area contributed by atoms with Crippen LogP contribution in [0.4, 0.5) is 5.69 Å². The number of ether oxygens (including phenoxy) is 1. The molecule has 0 atom stereocenters. The van der Waals surface area contributed by atoms with E-state index in [9.17, 15) is 18.0 Å². The van der Waals surface area contributed by atoms with Gasteiger partial charge in [0.15, 0.2) is 14.6 Å². The third kappa shape index (κ3) is 4.71. The summed E-state index contributed by atoms with van der Waals surface area (Å²) in [6.07, 6.45) is 1.57. The molecule has 0 spiro atoms. The third-order valence-corrected chi connectivity index (χ3v) is 6.20. The standard InChI is InChI=1S/C16H22N2O5S.ClH/c1-3-23-14(19)12-4-6-13(7-5-12)18-15(20)16(24(2,21)22)8-10-17-11-9-16;/h4-7,17H,3,8-11H2,1-2H3,(H,18,20);1H. The van der Waals surface area contributed by atoms with Crippen LogP contribution in [0.3, 0.4) is 0 Å². The number of anilines is 1. The van der Waals surface area contributed by atoms with Gasteiger partial charge >= 0.3 is 5.97 Å². The van der Waals surface area contributed by atoms with E-state index in [-0.39, 0.29) is 31.9 Å². The van der Waals surface area contributed by atoms with E-state index < -0.39 is 26.5 Å². The Labute approximate surface area is 153 Å². The number of carbonyl (C=O) groups is 2. The van der Waals surface area contributed by atoms with E-state index >= 15 is 0 Å². The summed E-state index contributed by atoms with van der Waals surface area (Å²) in [6.45, 7) is 2.95. The second kappa shape index (κ2) is 8.64. The van der Waals surface area contributed by atoms with Crippen LogP contribution in [0.1, 0.15) is 30.1 Å². The van der Waals surface area contributed by atoms with Gasteiger partial charge in [-0.2, -0.15) is 0 Å². The lowest BCUT2D eigenvalue weighted by Gasteiger charge is -2.34. The summed E-state index contributed by atoms with van der Waals surface area (Å²) >= 11 is 0. The van der Waals surface area contributed by atoms with Crippen molar-refractivity contribution >= 4 is 39.8 Å². The molecular weight excluding hydrogens is 368 g/mol. The second-order valence-corrected chi connectivity index (χ2v) is 8.09.